The van der Waals surface area contributed by atoms with Gasteiger partial charge in [-0.2, -0.15) is 0 Å². The summed E-state index contributed by atoms with van der Waals surface area (Å²) < 4.78 is 11.5. The lowest BCUT2D eigenvalue weighted by atomic mass is 10.0. The van der Waals surface area contributed by atoms with E-state index in [0.717, 1.165) is 31.5 Å². The predicted molar refractivity (Wildman–Crippen MR) is 70.2 cm³/mol. The molecule has 2 fully saturated rings. The van der Waals surface area contributed by atoms with E-state index in [0.29, 0.717) is 0 Å². The van der Waals surface area contributed by atoms with Crippen LogP contribution in [-0.2, 0) is 20.0 Å². The van der Waals surface area contributed by atoms with Crippen molar-refractivity contribution in [2.45, 2.75) is 38.2 Å². The van der Waals surface area contributed by atoms with Gasteiger partial charge in [0.1, 0.15) is 0 Å². The molecule has 0 aliphatic carbocycles. The molecule has 0 amide bonds. The van der Waals surface area contributed by atoms with Crippen LogP contribution in [0.3, 0.4) is 0 Å². The van der Waals surface area contributed by atoms with Gasteiger partial charge in [0.25, 0.3) is 5.72 Å². The third kappa shape index (κ3) is 1.95. The molecule has 102 valence electrons. The van der Waals surface area contributed by atoms with Crippen molar-refractivity contribution in [1.29, 1.82) is 0 Å². The molecule has 0 bridgehead atoms. The number of rotatable bonds is 2. The minimum absolute atomic E-state index is 0.300. The van der Waals surface area contributed by atoms with Gasteiger partial charge in [-0.15, -0.1) is 0 Å². The molecule has 4 nitrogen and oxygen atoms in total. The summed E-state index contributed by atoms with van der Waals surface area (Å²) in [7, 11) is 0. The van der Waals surface area contributed by atoms with Gasteiger partial charge in [-0.05, 0) is 12.8 Å². The van der Waals surface area contributed by atoms with Crippen LogP contribution >= 0.6 is 0 Å². The van der Waals surface area contributed by atoms with Crippen LogP contribution in [0.15, 0.2) is 30.3 Å². The zero-order chi connectivity index (χ0) is 13.5. The minimum atomic E-state index is -1.07. The van der Waals surface area contributed by atoms with Crippen molar-refractivity contribution in [2.75, 3.05) is 13.1 Å². The van der Waals surface area contributed by atoms with Gasteiger partial charge in [0.2, 0.25) is 5.79 Å². The highest BCUT2D eigenvalue weighted by Crippen LogP contribution is 2.43. The molecule has 2 aliphatic rings. The van der Waals surface area contributed by atoms with Gasteiger partial charge in [-0.1, -0.05) is 30.3 Å². The Morgan fingerprint density at radius 1 is 1.11 bits per heavy atom. The number of ether oxygens (including phenoxy) is 2. The molecule has 1 aromatic rings. The maximum atomic E-state index is 12.5. The Hall–Kier alpha value is -1.39. The van der Waals surface area contributed by atoms with Crippen molar-refractivity contribution < 1.29 is 14.3 Å². The first kappa shape index (κ1) is 12.6. The van der Waals surface area contributed by atoms with Crippen molar-refractivity contribution in [3.8, 4) is 0 Å². The van der Waals surface area contributed by atoms with Gasteiger partial charge in [0.05, 0.1) is 0 Å². The normalized spacial score (nSPS) is 30.5. The fourth-order valence-electron chi connectivity index (χ4n) is 2.96. The van der Waals surface area contributed by atoms with Gasteiger partial charge >= 0.3 is 5.97 Å². The quantitative estimate of drug-likeness (QED) is 0.765. The largest absolute Gasteiger partial charge is 0.430 e. The highest BCUT2D eigenvalue weighted by molar-refractivity contribution is 5.82. The van der Waals surface area contributed by atoms with E-state index in [9.17, 15) is 4.79 Å². The smallest absolute Gasteiger partial charge is 0.361 e. The highest BCUT2D eigenvalue weighted by Gasteiger charge is 2.59. The van der Waals surface area contributed by atoms with E-state index >= 15 is 0 Å². The Labute approximate surface area is 113 Å². The van der Waals surface area contributed by atoms with Crippen LogP contribution in [0.1, 0.15) is 32.3 Å². The molecule has 0 saturated carbocycles. The van der Waals surface area contributed by atoms with E-state index in [1.807, 2.05) is 30.3 Å². The zero-order valence-corrected chi connectivity index (χ0v) is 11.4. The monoisotopic (exact) mass is 261 g/mol. The fourth-order valence-corrected chi connectivity index (χ4v) is 2.96. The van der Waals surface area contributed by atoms with Crippen molar-refractivity contribution in [2.24, 2.45) is 0 Å². The molecular weight excluding hydrogens is 242 g/mol. The van der Waals surface area contributed by atoms with Gasteiger partial charge in [0, 0.05) is 32.5 Å². The Morgan fingerprint density at radius 2 is 1.74 bits per heavy atom. The molecule has 19 heavy (non-hydrogen) atoms. The van der Waals surface area contributed by atoms with E-state index in [-0.39, 0.29) is 5.97 Å². The van der Waals surface area contributed by atoms with Gasteiger partial charge < -0.3 is 9.47 Å². The third-order valence-corrected chi connectivity index (χ3v) is 3.73. The fraction of sp³-hybridized carbons (Fsp3) is 0.533. The summed E-state index contributed by atoms with van der Waals surface area (Å²) in [6, 6.07) is 9.65. The van der Waals surface area contributed by atoms with Gasteiger partial charge in [-0.3, -0.25) is 4.90 Å². The highest BCUT2D eigenvalue weighted by atomic mass is 16.8. The number of likely N-dealkylation sites (tertiary alicyclic amines) is 1. The number of nitrogens with zero attached hydrogens (tertiary/aromatic N) is 1. The van der Waals surface area contributed by atoms with Crippen molar-refractivity contribution in [1.82, 2.24) is 4.90 Å². The van der Waals surface area contributed by atoms with Crippen LogP contribution in [0.5, 0.6) is 0 Å². The summed E-state index contributed by atoms with van der Waals surface area (Å²) in [5.41, 5.74) is -0.214. The molecule has 0 N–H and O–H groups in total. The molecule has 0 aromatic heterocycles. The second-order valence-electron chi connectivity index (χ2n) is 5.60. The molecule has 1 aromatic carbocycles. The van der Waals surface area contributed by atoms with Gasteiger partial charge in [-0.25, -0.2) is 4.79 Å². The average molecular weight is 261 g/mol. The van der Waals surface area contributed by atoms with Crippen LogP contribution in [0.4, 0.5) is 0 Å². The van der Waals surface area contributed by atoms with Crippen LogP contribution in [0.2, 0.25) is 0 Å². The van der Waals surface area contributed by atoms with Crippen molar-refractivity contribution in [3.63, 3.8) is 0 Å². The van der Waals surface area contributed by atoms with Crippen LogP contribution in [0, 0.1) is 0 Å². The Kier molecular flexibility index (Phi) is 2.87. The van der Waals surface area contributed by atoms with E-state index in [1.54, 1.807) is 13.8 Å². The lowest BCUT2D eigenvalue weighted by Gasteiger charge is -2.35. The summed E-state index contributed by atoms with van der Waals surface area (Å²) in [6.07, 6.45) is 2.18. The molecular formula is C15H19NO3. The molecule has 2 saturated heterocycles. The Bertz CT molecular complexity index is 479. The van der Waals surface area contributed by atoms with E-state index < -0.39 is 11.5 Å². The van der Waals surface area contributed by atoms with E-state index in [4.69, 9.17) is 9.47 Å². The van der Waals surface area contributed by atoms with E-state index in [1.165, 1.54) is 0 Å². The standard InChI is InChI=1S/C15H19NO3/c1-14(2)18-13(17)15(19-14,16-10-6-7-11-16)12-8-4-3-5-9-12/h3-5,8-9H,6-7,10-11H2,1-2H3. The first-order valence-electron chi connectivity index (χ1n) is 6.79. The summed E-state index contributed by atoms with van der Waals surface area (Å²) in [4.78, 5) is 14.6. The topological polar surface area (TPSA) is 38.8 Å². The molecule has 0 spiro atoms. The molecule has 2 heterocycles. The summed E-state index contributed by atoms with van der Waals surface area (Å²) in [6.45, 7) is 5.29. The lowest BCUT2D eigenvalue weighted by molar-refractivity contribution is -0.203. The average Bonchev–Trinajstić information content (AvgIpc) is 2.97. The Morgan fingerprint density at radius 3 is 2.26 bits per heavy atom. The number of cyclic esters (lactones) is 1. The third-order valence-electron chi connectivity index (χ3n) is 3.73. The molecule has 3 rings (SSSR count). The molecule has 4 heteroatoms. The zero-order valence-electron chi connectivity index (χ0n) is 11.4. The van der Waals surface area contributed by atoms with Crippen LogP contribution in [0.25, 0.3) is 0 Å². The number of carbonyl (C=O) groups is 1. The minimum Gasteiger partial charge on any atom is -0.430 e. The summed E-state index contributed by atoms with van der Waals surface area (Å²) in [5.74, 6) is -1.18. The van der Waals surface area contributed by atoms with E-state index in [2.05, 4.69) is 4.90 Å². The number of benzene rings is 1. The second kappa shape index (κ2) is 4.32. The summed E-state index contributed by atoms with van der Waals surface area (Å²) >= 11 is 0. The maximum absolute atomic E-state index is 12.5. The van der Waals surface area contributed by atoms with Crippen molar-refractivity contribution in [3.05, 3.63) is 35.9 Å². The van der Waals surface area contributed by atoms with Crippen LogP contribution in [-0.4, -0.2) is 29.7 Å². The first-order valence-corrected chi connectivity index (χ1v) is 6.79. The SMILES string of the molecule is CC1(C)OC(=O)C(c2ccccc2)(N2CCCC2)O1. The lowest BCUT2D eigenvalue weighted by Crippen LogP contribution is -2.50. The van der Waals surface area contributed by atoms with Gasteiger partial charge in [0.15, 0.2) is 0 Å². The number of hydrogen-bond donors (Lipinski definition) is 0. The Balaban J connectivity index is 2.08. The van der Waals surface area contributed by atoms with Crippen molar-refractivity contribution >= 4 is 5.97 Å². The molecule has 2 aliphatic heterocycles. The molecule has 0 radical (unpaired) electrons. The number of esters is 1. The first-order chi connectivity index (χ1) is 9.05. The number of hydrogen-bond acceptors (Lipinski definition) is 4. The molecule has 1 atom stereocenters. The number of carbonyl (C=O) groups excluding carboxylic acids is 1. The summed E-state index contributed by atoms with van der Waals surface area (Å²) in [5, 5.41) is 0. The maximum Gasteiger partial charge on any atom is 0.361 e. The predicted octanol–water partition coefficient (Wildman–Crippen LogP) is 2.24. The second-order valence-corrected chi connectivity index (χ2v) is 5.60. The molecule has 1 unspecified atom stereocenters. The van der Waals surface area contributed by atoms with Crippen LogP contribution < -0.4 is 0 Å².